The van der Waals surface area contributed by atoms with Crippen LogP contribution in [0.5, 0.6) is 0 Å². The molecule has 0 aliphatic heterocycles. The van der Waals surface area contributed by atoms with E-state index < -0.39 is 5.41 Å². The number of Topliss-reactive ketones (excluding diaryl/α,β-unsaturated/α-hetero) is 1. The van der Waals surface area contributed by atoms with E-state index in [1.54, 1.807) is 20.8 Å². The number of benzene rings is 1. The zero-order valence-electron chi connectivity index (χ0n) is 15.9. The Morgan fingerprint density at radius 2 is 1.85 bits per heavy atom. The Morgan fingerprint density at radius 1 is 1.23 bits per heavy atom. The van der Waals surface area contributed by atoms with E-state index in [9.17, 15) is 14.9 Å². The summed E-state index contributed by atoms with van der Waals surface area (Å²) in [5.41, 5.74) is 1.37. The summed E-state index contributed by atoms with van der Waals surface area (Å²) in [7, 11) is 0. The number of carbonyl (C=O) groups excluding carboxylic acids is 1. The molecular formula is C21H24N2O2S. The normalized spacial score (nSPS) is 13.5. The maximum absolute atomic E-state index is 12.7. The molecular weight excluding hydrogens is 344 g/mol. The van der Waals surface area contributed by atoms with Crippen LogP contribution in [0.2, 0.25) is 0 Å². The minimum Gasteiger partial charge on any atom is -0.298 e. The zero-order chi connectivity index (χ0) is 19.5. The van der Waals surface area contributed by atoms with Gasteiger partial charge in [-0.25, -0.2) is 0 Å². The smallest absolute Gasteiger partial charge is 0.269 e. The molecule has 0 spiro atoms. The standard InChI is InChI=1S/C21H24N2O2S/c1-6-14-8-10-15(11-9-14)12-17-19(25)23(7-2)20(26-17)16(13-22)18(24)21(3,4)5/h8-12H,6-7H2,1-5H3. The van der Waals surface area contributed by atoms with Crippen LogP contribution in [0.25, 0.3) is 11.6 Å². The summed E-state index contributed by atoms with van der Waals surface area (Å²) >= 11 is 1.21. The molecule has 0 bridgehead atoms. The first-order valence-electron chi connectivity index (χ1n) is 8.72. The molecule has 0 unspecified atom stereocenters. The number of ketones is 1. The average molecular weight is 369 g/mol. The number of aromatic nitrogens is 1. The minimum absolute atomic E-state index is 0.0578. The summed E-state index contributed by atoms with van der Waals surface area (Å²) in [4.78, 5) is 25.4. The maximum Gasteiger partial charge on any atom is 0.269 e. The summed E-state index contributed by atoms with van der Waals surface area (Å²) in [6, 6.07) is 10.0. The Kier molecular flexibility index (Phi) is 5.99. The summed E-state index contributed by atoms with van der Waals surface area (Å²) in [5.74, 6) is -0.248. The van der Waals surface area contributed by atoms with Crippen LogP contribution in [0.4, 0.5) is 0 Å². The lowest BCUT2D eigenvalue weighted by atomic mass is 9.87. The third-order valence-corrected chi connectivity index (χ3v) is 5.27. The molecule has 0 N–H and O–H groups in total. The fraction of sp³-hybridized carbons (Fsp3) is 0.381. The molecule has 0 fully saturated rings. The van der Waals surface area contributed by atoms with Gasteiger partial charge in [0.05, 0.1) is 4.53 Å². The molecule has 136 valence electrons. The van der Waals surface area contributed by atoms with Crippen LogP contribution in [0.3, 0.4) is 0 Å². The van der Waals surface area contributed by atoms with E-state index in [-0.39, 0.29) is 16.9 Å². The van der Waals surface area contributed by atoms with Crippen LogP contribution in [0.1, 0.15) is 45.7 Å². The predicted molar refractivity (Wildman–Crippen MR) is 106 cm³/mol. The van der Waals surface area contributed by atoms with Crippen molar-refractivity contribution >= 4 is 28.8 Å². The highest BCUT2D eigenvalue weighted by atomic mass is 32.1. The fourth-order valence-electron chi connectivity index (χ4n) is 2.56. The highest BCUT2D eigenvalue weighted by molar-refractivity contribution is 7.07. The second kappa shape index (κ2) is 7.84. The van der Waals surface area contributed by atoms with E-state index in [2.05, 4.69) is 6.92 Å². The molecule has 0 amide bonds. The lowest BCUT2D eigenvalue weighted by Gasteiger charge is -2.15. The number of hydrogen-bond donors (Lipinski definition) is 0. The molecule has 2 rings (SSSR count). The molecule has 4 nitrogen and oxygen atoms in total. The summed E-state index contributed by atoms with van der Waals surface area (Å²) in [5, 5.41) is 9.55. The van der Waals surface area contributed by atoms with Gasteiger partial charge in [-0.1, -0.05) is 52.0 Å². The van der Waals surface area contributed by atoms with Crippen LogP contribution in [-0.2, 0) is 17.8 Å². The van der Waals surface area contributed by atoms with Gasteiger partial charge in [-0.3, -0.25) is 14.2 Å². The third-order valence-electron chi connectivity index (χ3n) is 4.14. The molecule has 0 aliphatic rings. The van der Waals surface area contributed by atoms with Gasteiger partial charge in [-0.15, -0.1) is 11.3 Å². The summed E-state index contributed by atoms with van der Waals surface area (Å²) in [6.07, 6.45) is 2.78. The van der Waals surface area contributed by atoms with Crippen molar-refractivity contribution in [1.82, 2.24) is 4.57 Å². The number of thiazole rings is 1. The molecule has 0 radical (unpaired) electrons. The average Bonchev–Trinajstić information content (AvgIpc) is 2.91. The largest absolute Gasteiger partial charge is 0.298 e. The molecule has 26 heavy (non-hydrogen) atoms. The van der Waals surface area contributed by atoms with Crippen LogP contribution < -0.4 is 14.8 Å². The lowest BCUT2D eigenvalue weighted by Crippen LogP contribution is -2.33. The monoisotopic (exact) mass is 368 g/mol. The SMILES string of the molecule is CCc1ccc(C=c2sc(=C(C#N)C(=O)C(C)(C)C)n(CC)c2=O)cc1. The molecule has 1 heterocycles. The molecule has 1 aromatic carbocycles. The van der Waals surface area contributed by atoms with E-state index in [0.717, 1.165) is 12.0 Å². The molecule has 0 atom stereocenters. The van der Waals surface area contributed by atoms with E-state index in [1.165, 1.54) is 21.5 Å². The predicted octanol–water partition coefficient (Wildman–Crippen LogP) is 2.61. The number of aryl methyl sites for hydroxylation is 1. The molecule has 2 aromatic rings. The van der Waals surface area contributed by atoms with Crippen molar-refractivity contribution in [1.29, 1.82) is 5.26 Å². The first kappa shape index (κ1) is 19.9. The lowest BCUT2D eigenvalue weighted by molar-refractivity contribution is -0.120. The maximum atomic E-state index is 12.7. The van der Waals surface area contributed by atoms with Crippen molar-refractivity contribution < 1.29 is 4.79 Å². The number of rotatable bonds is 4. The zero-order valence-corrected chi connectivity index (χ0v) is 16.7. The van der Waals surface area contributed by atoms with E-state index in [1.807, 2.05) is 43.3 Å². The van der Waals surface area contributed by atoms with Gasteiger partial charge in [0, 0.05) is 12.0 Å². The Bertz CT molecular complexity index is 1030. The van der Waals surface area contributed by atoms with Crippen LogP contribution >= 0.6 is 11.3 Å². The number of nitriles is 1. The van der Waals surface area contributed by atoms with Gasteiger partial charge in [-0.2, -0.15) is 5.26 Å². The van der Waals surface area contributed by atoms with Crippen molar-refractivity contribution in [3.05, 3.63) is 54.9 Å². The van der Waals surface area contributed by atoms with Gasteiger partial charge in [0.25, 0.3) is 5.56 Å². The highest BCUT2D eigenvalue weighted by Crippen LogP contribution is 2.19. The highest BCUT2D eigenvalue weighted by Gasteiger charge is 2.27. The minimum atomic E-state index is -0.677. The van der Waals surface area contributed by atoms with Crippen LogP contribution in [0, 0.1) is 16.7 Å². The quantitative estimate of drug-likeness (QED) is 0.833. The Hall–Kier alpha value is -2.45. The van der Waals surface area contributed by atoms with Crippen LogP contribution in [-0.4, -0.2) is 10.4 Å². The van der Waals surface area contributed by atoms with Crippen molar-refractivity contribution in [3.63, 3.8) is 0 Å². The van der Waals surface area contributed by atoms with Gasteiger partial charge in [-0.05, 0) is 30.5 Å². The van der Waals surface area contributed by atoms with Crippen molar-refractivity contribution in [3.8, 4) is 6.07 Å². The van der Waals surface area contributed by atoms with Gasteiger partial charge >= 0.3 is 0 Å². The number of carbonyl (C=O) groups is 1. The summed E-state index contributed by atoms with van der Waals surface area (Å²) < 4.78 is 2.48. The molecule has 0 saturated heterocycles. The second-order valence-corrected chi connectivity index (χ2v) is 8.16. The van der Waals surface area contributed by atoms with Gasteiger partial charge in [0.2, 0.25) is 0 Å². The van der Waals surface area contributed by atoms with E-state index >= 15 is 0 Å². The van der Waals surface area contributed by atoms with Crippen molar-refractivity contribution in [2.75, 3.05) is 0 Å². The van der Waals surface area contributed by atoms with Gasteiger partial charge in [0.15, 0.2) is 5.78 Å². The fourth-order valence-corrected chi connectivity index (χ4v) is 3.73. The second-order valence-electron chi connectivity index (χ2n) is 7.13. The van der Waals surface area contributed by atoms with Crippen molar-refractivity contribution in [2.24, 2.45) is 5.41 Å². The first-order chi connectivity index (χ1) is 12.2. The third kappa shape index (κ3) is 4.03. The molecule has 5 heteroatoms. The van der Waals surface area contributed by atoms with Crippen molar-refractivity contribution in [2.45, 2.75) is 47.6 Å². The van der Waals surface area contributed by atoms with E-state index in [4.69, 9.17) is 0 Å². The van der Waals surface area contributed by atoms with Gasteiger partial charge < -0.3 is 0 Å². The molecule has 0 saturated carbocycles. The Balaban J connectivity index is 2.75. The number of nitrogens with zero attached hydrogens (tertiary/aromatic N) is 2. The first-order valence-corrected chi connectivity index (χ1v) is 9.54. The van der Waals surface area contributed by atoms with Crippen LogP contribution in [0.15, 0.2) is 29.1 Å². The summed E-state index contributed by atoms with van der Waals surface area (Å²) in [6.45, 7) is 9.67. The van der Waals surface area contributed by atoms with Gasteiger partial charge in [0.1, 0.15) is 16.3 Å². The topological polar surface area (TPSA) is 62.9 Å². The Morgan fingerprint density at radius 3 is 2.31 bits per heavy atom. The van der Waals surface area contributed by atoms with E-state index in [0.29, 0.717) is 15.7 Å². The number of hydrogen-bond acceptors (Lipinski definition) is 4. The Labute approximate surface area is 157 Å². The molecule has 0 aliphatic carbocycles. The molecule has 1 aromatic heterocycles.